The molecule has 2 aliphatic rings. The van der Waals surface area contributed by atoms with Crippen molar-refractivity contribution in [2.24, 2.45) is 0 Å². The number of piperazine rings is 1. The van der Waals surface area contributed by atoms with Crippen LogP contribution in [0.5, 0.6) is 0 Å². The monoisotopic (exact) mass is 283 g/mol. The number of benzene rings is 1. The fraction of sp³-hybridized carbons (Fsp3) is 0.529. The van der Waals surface area contributed by atoms with Crippen molar-refractivity contribution in [1.82, 2.24) is 9.80 Å². The normalized spacial score (nSPS) is 22.9. The van der Waals surface area contributed by atoms with E-state index in [4.69, 9.17) is 5.26 Å². The largest absolute Gasteiger partial charge is 0.340 e. The Morgan fingerprint density at radius 2 is 2.05 bits per heavy atom. The molecule has 1 aliphatic heterocycles. The van der Waals surface area contributed by atoms with Crippen LogP contribution >= 0.6 is 0 Å². The summed E-state index contributed by atoms with van der Waals surface area (Å²) in [6.07, 6.45) is 1.73. The molecule has 0 spiro atoms. The minimum absolute atomic E-state index is 0.00770. The predicted octanol–water partition coefficient (Wildman–Crippen LogP) is 1.77. The topological polar surface area (TPSA) is 47.3 Å². The molecule has 1 saturated heterocycles. The standard InChI is InChI=1S/C17H21N3O/c1-2-14(12-18)19-7-9-20(10-8-19)17(21)16-11-13-5-3-4-6-15(13)16/h3-6,14,16H,2,7-11H2,1H3. The van der Waals surface area contributed by atoms with Crippen LogP contribution in [0.1, 0.15) is 30.4 Å². The molecule has 4 heteroatoms. The number of nitriles is 1. The van der Waals surface area contributed by atoms with Gasteiger partial charge in [0.05, 0.1) is 18.0 Å². The molecule has 1 aliphatic carbocycles. The number of hydrogen-bond acceptors (Lipinski definition) is 3. The highest BCUT2D eigenvalue weighted by Crippen LogP contribution is 2.36. The molecular weight excluding hydrogens is 262 g/mol. The lowest BCUT2D eigenvalue weighted by Crippen LogP contribution is -2.53. The molecule has 0 saturated carbocycles. The van der Waals surface area contributed by atoms with Gasteiger partial charge in [-0.25, -0.2) is 0 Å². The van der Waals surface area contributed by atoms with Crippen molar-refractivity contribution >= 4 is 5.91 Å². The zero-order valence-electron chi connectivity index (χ0n) is 12.5. The van der Waals surface area contributed by atoms with E-state index in [2.05, 4.69) is 23.1 Å². The Morgan fingerprint density at radius 1 is 1.33 bits per heavy atom. The molecule has 0 radical (unpaired) electrons. The summed E-state index contributed by atoms with van der Waals surface area (Å²) < 4.78 is 0. The summed E-state index contributed by atoms with van der Waals surface area (Å²) in [6.45, 7) is 5.15. The van der Waals surface area contributed by atoms with Gasteiger partial charge in [-0.1, -0.05) is 31.2 Å². The van der Waals surface area contributed by atoms with Crippen LogP contribution in [0.25, 0.3) is 0 Å². The number of amides is 1. The predicted molar refractivity (Wildman–Crippen MR) is 80.7 cm³/mol. The van der Waals surface area contributed by atoms with E-state index in [1.165, 1.54) is 11.1 Å². The number of carbonyl (C=O) groups excluding carboxylic acids is 1. The van der Waals surface area contributed by atoms with Crippen molar-refractivity contribution in [2.45, 2.75) is 31.7 Å². The third-order valence-electron chi connectivity index (χ3n) is 4.76. The number of rotatable bonds is 3. The highest BCUT2D eigenvalue weighted by molar-refractivity contribution is 5.87. The van der Waals surface area contributed by atoms with Crippen LogP contribution < -0.4 is 0 Å². The summed E-state index contributed by atoms with van der Waals surface area (Å²) in [7, 11) is 0. The highest BCUT2D eigenvalue weighted by atomic mass is 16.2. The maximum absolute atomic E-state index is 12.6. The fourth-order valence-corrected chi connectivity index (χ4v) is 3.38. The van der Waals surface area contributed by atoms with Gasteiger partial charge in [0, 0.05) is 26.2 Å². The zero-order valence-corrected chi connectivity index (χ0v) is 12.5. The molecule has 0 aromatic heterocycles. The SMILES string of the molecule is CCC(C#N)N1CCN(C(=O)C2Cc3ccccc32)CC1. The molecule has 4 nitrogen and oxygen atoms in total. The minimum Gasteiger partial charge on any atom is -0.340 e. The Morgan fingerprint density at radius 3 is 2.67 bits per heavy atom. The van der Waals surface area contributed by atoms with E-state index >= 15 is 0 Å². The van der Waals surface area contributed by atoms with Crippen LogP contribution in [0.4, 0.5) is 0 Å². The molecule has 3 rings (SSSR count). The summed E-state index contributed by atoms with van der Waals surface area (Å²) in [5, 5.41) is 9.13. The van der Waals surface area contributed by atoms with Gasteiger partial charge in [0.1, 0.15) is 0 Å². The van der Waals surface area contributed by atoms with Crippen molar-refractivity contribution in [3.8, 4) is 6.07 Å². The first-order chi connectivity index (χ1) is 10.2. The van der Waals surface area contributed by atoms with Crippen molar-refractivity contribution in [2.75, 3.05) is 26.2 Å². The Labute approximate surface area is 126 Å². The summed E-state index contributed by atoms with van der Waals surface area (Å²) in [5.41, 5.74) is 2.51. The molecule has 110 valence electrons. The van der Waals surface area contributed by atoms with Gasteiger partial charge in [-0.15, -0.1) is 0 Å². The Bertz CT molecular complexity index is 570. The molecule has 0 N–H and O–H groups in total. The first-order valence-corrected chi connectivity index (χ1v) is 7.74. The third kappa shape index (κ3) is 2.54. The number of nitrogens with zero attached hydrogens (tertiary/aromatic N) is 3. The second-order valence-electron chi connectivity index (χ2n) is 5.87. The van der Waals surface area contributed by atoms with Gasteiger partial charge < -0.3 is 4.90 Å². The lowest BCUT2D eigenvalue weighted by molar-refractivity contribution is -0.135. The summed E-state index contributed by atoms with van der Waals surface area (Å²) in [4.78, 5) is 16.8. The molecule has 1 aromatic carbocycles. The van der Waals surface area contributed by atoms with Crippen molar-refractivity contribution < 1.29 is 4.79 Å². The molecule has 1 fully saturated rings. The van der Waals surface area contributed by atoms with Crippen molar-refractivity contribution in [1.29, 1.82) is 5.26 Å². The van der Waals surface area contributed by atoms with Crippen molar-refractivity contribution in [3.63, 3.8) is 0 Å². The van der Waals surface area contributed by atoms with Crippen LogP contribution in [-0.2, 0) is 11.2 Å². The van der Waals surface area contributed by atoms with E-state index in [-0.39, 0.29) is 17.9 Å². The lowest BCUT2D eigenvalue weighted by atomic mass is 9.77. The molecule has 1 heterocycles. The van der Waals surface area contributed by atoms with Crippen LogP contribution in [0.2, 0.25) is 0 Å². The summed E-state index contributed by atoms with van der Waals surface area (Å²) in [5.74, 6) is 0.323. The molecule has 2 unspecified atom stereocenters. The maximum Gasteiger partial charge on any atom is 0.230 e. The quantitative estimate of drug-likeness (QED) is 0.849. The first-order valence-electron chi connectivity index (χ1n) is 7.74. The van der Waals surface area contributed by atoms with Crippen LogP contribution in [0.3, 0.4) is 0 Å². The van der Waals surface area contributed by atoms with Gasteiger partial charge in [0.15, 0.2) is 0 Å². The fourth-order valence-electron chi connectivity index (χ4n) is 3.38. The molecule has 1 aromatic rings. The van der Waals surface area contributed by atoms with E-state index in [0.717, 1.165) is 39.0 Å². The molecular formula is C17H21N3O. The van der Waals surface area contributed by atoms with Gasteiger partial charge in [-0.05, 0) is 24.0 Å². The molecule has 0 bridgehead atoms. The number of fused-ring (bicyclic) bond motifs is 1. The van der Waals surface area contributed by atoms with Gasteiger partial charge in [-0.3, -0.25) is 9.69 Å². The smallest absolute Gasteiger partial charge is 0.230 e. The Kier molecular flexibility index (Phi) is 3.94. The molecule has 1 amide bonds. The average Bonchev–Trinajstić information content (AvgIpc) is 2.50. The molecule has 21 heavy (non-hydrogen) atoms. The second-order valence-corrected chi connectivity index (χ2v) is 5.87. The Balaban J connectivity index is 1.59. The van der Waals surface area contributed by atoms with E-state index in [1.807, 2.05) is 24.0 Å². The Hall–Kier alpha value is -1.86. The van der Waals surface area contributed by atoms with Gasteiger partial charge in [-0.2, -0.15) is 5.26 Å². The maximum atomic E-state index is 12.6. The summed E-state index contributed by atoms with van der Waals surface area (Å²) in [6, 6.07) is 10.6. The van der Waals surface area contributed by atoms with E-state index in [1.54, 1.807) is 0 Å². The van der Waals surface area contributed by atoms with Gasteiger partial charge in [0.2, 0.25) is 5.91 Å². The highest BCUT2D eigenvalue weighted by Gasteiger charge is 2.36. The second kappa shape index (κ2) is 5.87. The number of hydrogen-bond donors (Lipinski definition) is 0. The van der Waals surface area contributed by atoms with Crippen LogP contribution in [-0.4, -0.2) is 47.9 Å². The first kappa shape index (κ1) is 14.1. The lowest BCUT2D eigenvalue weighted by Gasteiger charge is -2.40. The van der Waals surface area contributed by atoms with Gasteiger partial charge in [0.25, 0.3) is 0 Å². The summed E-state index contributed by atoms with van der Waals surface area (Å²) >= 11 is 0. The van der Waals surface area contributed by atoms with Gasteiger partial charge >= 0.3 is 0 Å². The third-order valence-corrected chi connectivity index (χ3v) is 4.76. The van der Waals surface area contributed by atoms with Crippen molar-refractivity contribution in [3.05, 3.63) is 35.4 Å². The minimum atomic E-state index is -0.00770. The van der Waals surface area contributed by atoms with Crippen LogP contribution in [0, 0.1) is 11.3 Å². The van der Waals surface area contributed by atoms with E-state index in [9.17, 15) is 4.79 Å². The van der Waals surface area contributed by atoms with E-state index < -0.39 is 0 Å². The van der Waals surface area contributed by atoms with E-state index in [0.29, 0.717) is 0 Å². The number of carbonyl (C=O) groups is 1. The zero-order chi connectivity index (χ0) is 14.8. The average molecular weight is 283 g/mol. The molecule has 2 atom stereocenters. The van der Waals surface area contributed by atoms with Crippen LogP contribution in [0.15, 0.2) is 24.3 Å².